The van der Waals surface area contributed by atoms with Crippen molar-refractivity contribution in [3.05, 3.63) is 11.8 Å². The zero-order valence-electron chi connectivity index (χ0n) is 22.6. The molecule has 5 rings (SSSR count). The van der Waals surface area contributed by atoms with Crippen LogP contribution in [-0.4, -0.2) is 70.5 Å². The number of hydrogen-bond acceptors (Lipinski definition) is 6. The Kier molecular flexibility index (Phi) is 6.15. The summed E-state index contributed by atoms with van der Waals surface area (Å²) in [5.41, 5.74) is 1.12. The van der Waals surface area contributed by atoms with E-state index in [1.54, 1.807) is 0 Å². The molecular formula is C27H44N4O4. The van der Waals surface area contributed by atoms with Crippen LogP contribution >= 0.6 is 0 Å². The first-order chi connectivity index (χ1) is 16.5. The molecule has 196 valence electrons. The van der Waals surface area contributed by atoms with Crippen molar-refractivity contribution in [1.82, 2.24) is 14.7 Å². The lowest BCUT2D eigenvalue weighted by atomic mass is 9.61. The number of amides is 1. The molecule has 8 heteroatoms. The minimum Gasteiger partial charge on any atom is -0.444 e. The smallest absolute Gasteiger partial charge is 0.410 e. The van der Waals surface area contributed by atoms with Gasteiger partial charge in [-0.3, -0.25) is 4.68 Å². The van der Waals surface area contributed by atoms with Crippen molar-refractivity contribution in [2.45, 2.75) is 109 Å². The summed E-state index contributed by atoms with van der Waals surface area (Å²) in [6.45, 7) is 15.9. The fraction of sp³-hybridized carbons (Fsp3) is 0.852. The van der Waals surface area contributed by atoms with Crippen LogP contribution in [0.2, 0.25) is 0 Å². The second kappa shape index (κ2) is 8.65. The van der Waals surface area contributed by atoms with Gasteiger partial charge in [-0.05, 0) is 73.6 Å². The van der Waals surface area contributed by atoms with Gasteiger partial charge in [-0.2, -0.15) is 5.10 Å². The fourth-order valence-electron chi connectivity index (χ4n) is 6.97. The van der Waals surface area contributed by atoms with Crippen LogP contribution in [0.4, 0.5) is 10.6 Å². The van der Waals surface area contributed by atoms with Crippen LogP contribution in [-0.2, 0) is 14.2 Å². The fourth-order valence-corrected chi connectivity index (χ4v) is 6.97. The second-order valence-electron chi connectivity index (χ2n) is 12.4. The summed E-state index contributed by atoms with van der Waals surface area (Å²) in [6, 6.07) is 2.69. The molecule has 4 aliphatic rings. The maximum Gasteiger partial charge on any atom is 0.410 e. The van der Waals surface area contributed by atoms with Crippen LogP contribution in [0.1, 0.15) is 91.3 Å². The number of hydrogen-bond donors (Lipinski definition) is 0. The molecule has 2 aliphatic heterocycles. The van der Waals surface area contributed by atoms with Gasteiger partial charge in [0.05, 0.1) is 6.04 Å². The van der Waals surface area contributed by atoms with Crippen molar-refractivity contribution >= 4 is 11.9 Å². The van der Waals surface area contributed by atoms with Crippen LogP contribution in [0.15, 0.2) is 6.07 Å². The lowest BCUT2D eigenvalue weighted by molar-refractivity contribution is -0.258. The largest absolute Gasteiger partial charge is 0.444 e. The monoisotopic (exact) mass is 488 g/mol. The molecule has 1 amide bonds. The lowest BCUT2D eigenvalue weighted by Gasteiger charge is -2.59. The van der Waals surface area contributed by atoms with Gasteiger partial charge in [-0.1, -0.05) is 0 Å². The molecule has 1 aromatic heterocycles. The molecule has 8 nitrogen and oxygen atoms in total. The molecule has 35 heavy (non-hydrogen) atoms. The van der Waals surface area contributed by atoms with E-state index in [9.17, 15) is 4.79 Å². The van der Waals surface area contributed by atoms with Gasteiger partial charge in [0.2, 0.25) is 0 Å². The van der Waals surface area contributed by atoms with Crippen LogP contribution in [0.3, 0.4) is 0 Å². The molecule has 0 bridgehead atoms. The number of aryl methyl sites for hydroxylation is 1. The Hall–Kier alpha value is -1.80. The summed E-state index contributed by atoms with van der Waals surface area (Å²) in [5.74, 6) is 0.650. The van der Waals surface area contributed by atoms with Crippen LogP contribution < -0.4 is 4.90 Å². The highest BCUT2D eigenvalue weighted by molar-refractivity contribution is 5.69. The Labute approximate surface area is 210 Å². The molecule has 4 fully saturated rings. The van der Waals surface area contributed by atoms with E-state index in [2.05, 4.69) is 36.4 Å². The summed E-state index contributed by atoms with van der Waals surface area (Å²) in [4.78, 5) is 16.7. The molecule has 0 aromatic carbocycles. The third-order valence-corrected chi connectivity index (χ3v) is 8.56. The van der Waals surface area contributed by atoms with E-state index >= 15 is 0 Å². The number of piperidine rings is 1. The SMILES string of the molecule is CCOC1(OCC)CCN(c2cc(C)n(C3CC4(C3)CN(C(=O)OC(C)(C)C)C4)n2)C2(CCC2)C1. The maximum absolute atomic E-state index is 12.3. The molecule has 2 spiro atoms. The van der Waals surface area contributed by atoms with Crippen molar-refractivity contribution in [2.24, 2.45) is 5.41 Å². The quantitative estimate of drug-likeness (QED) is 0.522. The Morgan fingerprint density at radius 3 is 2.31 bits per heavy atom. The minimum atomic E-state index is -0.456. The summed E-state index contributed by atoms with van der Waals surface area (Å²) >= 11 is 0. The van der Waals surface area contributed by atoms with Crippen LogP contribution in [0.25, 0.3) is 0 Å². The molecule has 1 aromatic rings. The van der Waals surface area contributed by atoms with Gasteiger partial charge in [-0.15, -0.1) is 0 Å². The molecule has 2 saturated carbocycles. The van der Waals surface area contributed by atoms with Gasteiger partial charge in [0.25, 0.3) is 0 Å². The van der Waals surface area contributed by atoms with E-state index in [0.29, 0.717) is 19.3 Å². The first-order valence-electron chi connectivity index (χ1n) is 13.6. The van der Waals surface area contributed by atoms with E-state index in [0.717, 1.165) is 51.1 Å². The topological polar surface area (TPSA) is 69.1 Å². The van der Waals surface area contributed by atoms with Crippen molar-refractivity contribution in [1.29, 1.82) is 0 Å². The van der Waals surface area contributed by atoms with Gasteiger partial charge in [-0.25, -0.2) is 4.79 Å². The predicted octanol–water partition coefficient (Wildman–Crippen LogP) is 5.06. The molecule has 0 radical (unpaired) electrons. The number of carbonyl (C=O) groups is 1. The normalized spacial score (nSPS) is 24.7. The standard InChI is InChI=1S/C27H44N4O4/c1-7-33-27(34-8-2)12-13-30(26(17-27)10-9-11-26)22-14-20(3)31(28-22)21-15-25(16-21)18-29(19-25)23(32)35-24(4,5)6/h14,21H,7-13,15-19H2,1-6H3. The number of rotatable bonds is 6. The number of likely N-dealkylation sites (tertiary alicyclic amines) is 1. The molecule has 2 saturated heterocycles. The predicted molar refractivity (Wildman–Crippen MR) is 135 cm³/mol. The first kappa shape index (κ1) is 24.9. The van der Waals surface area contributed by atoms with Crippen LogP contribution in [0, 0.1) is 12.3 Å². The van der Waals surface area contributed by atoms with E-state index in [1.165, 1.54) is 25.0 Å². The van der Waals surface area contributed by atoms with Gasteiger partial charge in [0.15, 0.2) is 11.6 Å². The highest BCUT2D eigenvalue weighted by Gasteiger charge is 2.56. The Morgan fingerprint density at radius 1 is 1.11 bits per heavy atom. The first-order valence-corrected chi connectivity index (χ1v) is 13.6. The van der Waals surface area contributed by atoms with Crippen LogP contribution in [0.5, 0.6) is 0 Å². The average molecular weight is 489 g/mol. The van der Waals surface area contributed by atoms with E-state index < -0.39 is 11.4 Å². The summed E-state index contributed by atoms with van der Waals surface area (Å²) in [7, 11) is 0. The minimum absolute atomic E-state index is 0.0942. The van der Waals surface area contributed by atoms with Crippen molar-refractivity contribution in [3.63, 3.8) is 0 Å². The molecule has 0 atom stereocenters. The number of carbonyl (C=O) groups excluding carboxylic acids is 1. The zero-order chi connectivity index (χ0) is 25.1. The van der Waals surface area contributed by atoms with Crippen molar-refractivity contribution < 1.29 is 19.0 Å². The number of ether oxygens (including phenoxy) is 3. The van der Waals surface area contributed by atoms with E-state index in [4.69, 9.17) is 19.3 Å². The number of anilines is 1. The van der Waals surface area contributed by atoms with Gasteiger partial charge >= 0.3 is 6.09 Å². The number of nitrogens with zero attached hydrogens (tertiary/aromatic N) is 4. The maximum atomic E-state index is 12.3. The Balaban J connectivity index is 1.23. The molecular weight excluding hydrogens is 444 g/mol. The number of aromatic nitrogens is 2. The highest BCUT2D eigenvalue weighted by Crippen LogP contribution is 2.55. The highest BCUT2D eigenvalue weighted by atomic mass is 16.7. The van der Waals surface area contributed by atoms with Crippen molar-refractivity contribution in [2.75, 3.05) is 37.7 Å². The summed E-state index contributed by atoms with van der Waals surface area (Å²) < 4.78 is 20.2. The molecule has 0 unspecified atom stereocenters. The lowest BCUT2D eigenvalue weighted by Crippen LogP contribution is -2.64. The second-order valence-corrected chi connectivity index (χ2v) is 12.4. The average Bonchev–Trinajstić information content (AvgIpc) is 3.04. The Bertz CT molecular complexity index is 927. The van der Waals surface area contributed by atoms with Gasteiger partial charge < -0.3 is 24.0 Å². The molecule has 3 heterocycles. The third kappa shape index (κ3) is 4.45. The van der Waals surface area contributed by atoms with Crippen molar-refractivity contribution in [3.8, 4) is 0 Å². The molecule has 2 aliphatic carbocycles. The summed E-state index contributed by atoms with van der Waals surface area (Å²) in [5, 5.41) is 5.15. The van der Waals surface area contributed by atoms with E-state index in [-0.39, 0.29) is 17.0 Å². The third-order valence-electron chi connectivity index (χ3n) is 8.56. The molecule has 0 N–H and O–H groups in total. The van der Waals surface area contributed by atoms with E-state index in [1.807, 2.05) is 25.7 Å². The van der Waals surface area contributed by atoms with Gasteiger partial charge in [0.1, 0.15) is 5.60 Å². The summed E-state index contributed by atoms with van der Waals surface area (Å²) in [6.07, 6.45) is 7.37. The Morgan fingerprint density at radius 2 is 1.77 bits per heavy atom. The zero-order valence-corrected chi connectivity index (χ0v) is 22.6. The van der Waals surface area contributed by atoms with Gasteiger partial charge in [0, 0.05) is 68.4 Å².